The lowest BCUT2D eigenvalue weighted by Gasteiger charge is -2.30. The van der Waals surface area contributed by atoms with Crippen molar-refractivity contribution in [3.63, 3.8) is 0 Å². The van der Waals surface area contributed by atoms with Crippen molar-refractivity contribution in [1.29, 1.82) is 0 Å². The molecule has 1 heterocycles. The van der Waals surface area contributed by atoms with Gasteiger partial charge >= 0.3 is 0 Å². The molecule has 0 fully saturated rings. The van der Waals surface area contributed by atoms with Crippen molar-refractivity contribution in [1.82, 2.24) is 5.32 Å². The number of carbonyl (C=O) groups excluding carboxylic acids is 2. The molecule has 0 saturated heterocycles. The minimum Gasteiger partial charge on any atom is -0.482 e. The average molecular weight is 289 g/mol. The quantitative estimate of drug-likeness (QED) is 0.754. The fraction of sp³-hybridized carbons (Fsp3) is 0.385. The number of carbonyl (C=O) groups is 2. The summed E-state index contributed by atoms with van der Waals surface area (Å²) in [6.07, 6.45) is 0. The zero-order valence-electron chi connectivity index (χ0n) is 11.3. The zero-order valence-corrected chi connectivity index (χ0v) is 12.5. The number of anilines is 2. The van der Waals surface area contributed by atoms with Gasteiger partial charge in [0.2, 0.25) is 5.91 Å². The number of hydrogen-bond acceptors (Lipinski definition) is 4. The minimum atomic E-state index is -0.107. The Morgan fingerprint density at radius 1 is 1.50 bits per heavy atom. The van der Waals surface area contributed by atoms with Crippen molar-refractivity contribution in [2.45, 2.75) is 6.92 Å². The molecule has 2 rings (SSSR count). The third-order valence-electron chi connectivity index (χ3n) is 2.92. The van der Waals surface area contributed by atoms with Gasteiger partial charge in [0.25, 0.3) is 5.91 Å². The molecular formula is C13H16AlN3O3. The van der Waals surface area contributed by atoms with Gasteiger partial charge in [0.05, 0.1) is 5.69 Å². The summed E-state index contributed by atoms with van der Waals surface area (Å²) >= 11 is 2.58. The molecule has 0 bridgehead atoms. The Morgan fingerprint density at radius 3 is 3.00 bits per heavy atom. The van der Waals surface area contributed by atoms with Crippen LogP contribution in [0.25, 0.3) is 0 Å². The van der Waals surface area contributed by atoms with Gasteiger partial charge in [-0.3, -0.25) is 9.59 Å². The second-order valence-corrected chi connectivity index (χ2v) is 4.79. The van der Waals surface area contributed by atoms with E-state index in [0.717, 1.165) is 16.8 Å². The van der Waals surface area contributed by atoms with E-state index in [0.29, 0.717) is 18.8 Å². The number of ether oxygens (including phenoxy) is 1. The van der Waals surface area contributed by atoms with E-state index in [2.05, 4.69) is 26.9 Å². The highest BCUT2D eigenvalue weighted by Crippen LogP contribution is 2.34. The van der Waals surface area contributed by atoms with Gasteiger partial charge in [-0.15, -0.1) is 0 Å². The van der Waals surface area contributed by atoms with E-state index in [1.807, 2.05) is 18.2 Å². The molecule has 0 aromatic heterocycles. The van der Waals surface area contributed by atoms with Gasteiger partial charge in [-0.1, -0.05) is 5.41 Å². The Kier molecular flexibility index (Phi) is 4.88. The Hall–Kier alpha value is -1.71. The van der Waals surface area contributed by atoms with Crippen LogP contribution < -0.4 is 20.3 Å². The summed E-state index contributed by atoms with van der Waals surface area (Å²) in [5, 5.41) is 6.58. The fourth-order valence-electron chi connectivity index (χ4n) is 2.02. The van der Waals surface area contributed by atoms with E-state index in [1.54, 1.807) is 4.90 Å². The minimum absolute atomic E-state index is 0.0312. The second-order valence-electron chi connectivity index (χ2n) is 4.38. The number of nitrogens with one attached hydrogen (secondary N) is 2. The number of nitrogens with zero attached hydrogens (tertiary/aromatic N) is 1. The van der Waals surface area contributed by atoms with E-state index in [1.165, 1.54) is 6.92 Å². The lowest BCUT2D eigenvalue weighted by molar-refractivity contribution is -0.122. The van der Waals surface area contributed by atoms with Gasteiger partial charge in [0.15, 0.2) is 22.9 Å². The van der Waals surface area contributed by atoms with Crippen LogP contribution in [0.15, 0.2) is 18.2 Å². The van der Waals surface area contributed by atoms with E-state index in [4.69, 9.17) is 4.74 Å². The summed E-state index contributed by atoms with van der Waals surface area (Å²) in [5.74, 6) is 0.469. The van der Waals surface area contributed by atoms with E-state index in [9.17, 15) is 9.59 Å². The topological polar surface area (TPSA) is 70.7 Å². The zero-order chi connectivity index (χ0) is 14.5. The number of hydrogen-bond donors (Lipinski definition) is 2. The largest absolute Gasteiger partial charge is 0.482 e. The summed E-state index contributed by atoms with van der Waals surface area (Å²) in [4.78, 5) is 24.5. The van der Waals surface area contributed by atoms with Gasteiger partial charge in [0, 0.05) is 25.7 Å². The molecule has 0 saturated carbocycles. The maximum Gasteiger partial charge on any atom is 0.265 e. The average Bonchev–Trinajstić information content (AvgIpc) is 2.41. The third-order valence-corrected chi connectivity index (χ3v) is 3.12. The SMILES string of the molecule is CC(=O)NCCN1C(=O)COc2ccc(N[CH2][Al])cc21. The highest BCUT2D eigenvalue weighted by molar-refractivity contribution is 6.10. The molecule has 2 radical (unpaired) electrons. The van der Waals surface area contributed by atoms with Gasteiger partial charge in [-0.25, -0.2) is 0 Å². The van der Waals surface area contributed by atoms with Crippen LogP contribution in [0.4, 0.5) is 11.4 Å². The summed E-state index contributed by atoms with van der Waals surface area (Å²) in [7, 11) is 0. The van der Waals surface area contributed by atoms with Crippen molar-refractivity contribution in [2.75, 3.05) is 35.3 Å². The lowest BCUT2D eigenvalue weighted by Crippen LogP contribution is -2.43. The monoisotopic (exact) mass is 289 g/mol. The fourth-order valence-corrected chi connectivity index (χ4v) is 2.25. The lowest BCUT2D eigenvalue weighted by atomic mass is 10.2. The molecule has 0 spiro atoms. The maximum atomic E-state index is 12.0. The van der Waals surface area contributed by atoms with Gasteiger partial charge < -0.3 is 20.3 Å². The molecular weight excluding hydrogens is 273 g/mol. The Bertz CT molecular complexity index is 522. The predicted molar refractivity (Wildman–Crippen MR) is 77.2 cm³/mol. The normalized spacial score (nSPS) is 13.4. The first kappa shape index (κ1) is 14.7. The molecule has 20 heavy (non-hydrogen) atoms. The molecule has 1 aliphatic rings. The van der Waals surface area contributed by atoms with E-state index in [-0.39, 0.29) is 18.4 Å². The first-order chi connectivity index (χ1) is 9.61. The van der Waals surface area contributed by atoms with Crippen LogP contribution in [0, 0.1) is 0 Å². The van der Waals surface area contributed by atoms with Crippen molar-refractivity contribution in [3.8, 4) is 5.75 Å². The predicted octanol–water partition coefficient (Wildman–Crippen LogP) is 0.0860. The van der Waals surface area contributed by atoms with Gasteiger partial charge in [-0.05, 0) is 18.2 Å². The van der Waals surface area contributed by atoms with Crippen LogP contribution in [-0.4, -0.2) is 53.2 Å². The number of rotatable bonds is 5. The molecule has 6 nitrogen and oxygen atoms in total. The Morgan fingerprint density at radius 2 is 2.30 bits per heavy atom. The summed E-state index contributed by atoms with van der Waals surface area (Å²) < 4.78 is 5.41. The van der Waals surface area contributed by atoms with Crippen molar-refractivity contribution >= 4 is 39.5 Å². The molecule has 7 heteroatoms. The second kappa shape index (κ2) is 6.64. The molecule has 0 atom stereocenters. The summed E-state index contributed by atoms with van der Waals surface area (Å²) in [5.41, 5.74) is 1.65. The number of fused-ring (bicyclic) bond motifs is 1. The van der Waals surface area contributed by atoms with Crippen molar-refractivity contribution < 1.29 is 14.3 Å². The highest BCUT2D eigenvalue weighted by Gasteiger charge is 2.25. The van der Waals surface area contributed by atoms with Crippen LogP contribution in [0.5, 0.6) is 5.75 Å². The van der Waals surface area contributed by atoms with Gasteiger partial charge in [-0.2, -0.15) is 0 Å². The number of amides is 2. The number of benzene rings is 1. The Labute approximate surface area is 125 Å². The molecule has 0 unspecified atom stereocenters. The summed E-state index contributed by atoms with van der Waals surface area (Å²) in [6.45, 7) is 2.33. The van der Waals surface area contributed by atoms with Crippen LogP contribution in [0.1, 0.15) is 6.92 Å². The van der Waals surface area contributed by atoms with Crippen LogP contribution in [-0.2, 0) is 9.59 Å². The van der Waals surface area contributed by atoms with E-state index >= 15 is 0 Å². The summed E-state index contributed by atoms with van der Waals surface area (Å²) in [6, 6.07) is 5.63. The first-order valence-corrected chi connectivity index (χ1v) is 7.19. The van der Waals surface area contributed by atoms with Crippen LogP contribution in [0.3, 0.4) is 0 Å². The molecule has 2 amide bonds. The Balaban J connectivity index is 2.17. The molecule has 104 valence electrons. The maximum absolute atomic E-state index is 12.0. The third kappa shape index (κ3) is 3.44. The van der Waals surface area contributed by atoms with Crippen LogP contribution in [0.2, 0.25) is 0 Å². The molecule has 1 aromatic carbocycles. The smallest absolute Gasteiger partial charge is 0.265 e. The van der Waals surface area contributed by atoms with Gasteiger partial charge in [0.1, 0.15) is 5.75 Å². The molecule has 2 N–H and O–H groups in total. The van der Waals surface area contributed by atoms with Crippen molar-refractivity contribution in [3.05, 3.63) is 18.2 Å². The van der Waals surface area contributed by atoms with Crippen LogP contribution >= 0.6 is 0 Å². The first-order valence-electron chi connectivity index (χ1n) is 6.37. The highest BCUT2D eigenvalue weighted by atomic mass is 27.0. The molecule has 1 aromatic rings. The van der Waals surface area contributed by atoms with E-state index < -0.39 is 0 Å². The molecule has 1 aliphatic heterocycles. The standard InChI is InChI=1S/C13H16N3O3.Al/c1-9(17)15-5-6-16-11-7-10(14-2)3-4-12(11)19-8-13(16)18;/h3-4,7,14H,2,5-6,8H2,1H3,(H,15,17);. The molecule has 0 aliphatic carbocycles. The van der Waals surface area contributed by atoms with Crippen molar-refractivity contribution in [2.24, 2.45) is 0 Å².